The molecule has 3 aromatic carbocycles. The summed E-state index contributed by atoms with van der Waals surface area (Å²) in [5, 5.41) is 13.2. The van der Waals surface area contributed by atoms with Crippen molar-refractivity contribution in [3.63, 3.8) is 0 Å². The van der Waals surface area contributed by atoms with Crippen molar-refractivity contribution in [2.45, 2.75) is 13.2 Å². The first kappa shape index (κ1) is 16.8. The zero-order chi connectivity index (χ0) is 18.5. The molecule has 1 amide bonds. The number of fused-ring (bicyclic) bond motifs is 1. The first-order chi connectivity index (χ1) is 13.3. The highest BCUT2D eigenvalue weighted by Gasteiger charge is 2.07. The van der Waals surface area contributed by atoms with Gasteiger partial charge in [-0.05, 0) is 35.0 Å². The molecule has 6 nitrogen and oxygen atoms in total. The van der Waals surface area contributed by atoms with Crippen LogP contribution in [0.3, 0.4) is 0 Å². The molecule has 0 aliphatic heterocycles. The Morgan fingerprint density at radius 3 is 2.59 bits per heavy atom. The Balaban J connectivity index is 1.34. The van der Waals surface area contributed by atoms with Gasteiger partial charge in [-0.25, -0.2) is 4.68 Å². The number of anilines is 1. The molecule has 1 aromatic heterocycles. The molecule has 134 valence electrons. The fourth-order valence-corrected chi connectivity index (χ4v) is 2.77. The minimum atomic E-state index is -0.159. The number of aromatic nitrogens is 3. The first-order valence-corrected chi connectivity index (χ1v) is 8.62. The van der Waals surface area contributed by atoms with E-state index < -0.39 is 0 Å². The van der Waals surface area contributed by atoms with Crippen molar-refractivity contribution in [3.05, 3.63) is 84.7 Å². The van der Waals surface area contributed by atoms with E-state index in [1.807, 2.05) is 66.7 Å². The Kier molecular flexibility index (Phi) is 4.78. The zero-order valence-electron chi connectivity index (χ0n) is 14.6. The van der Waals surface area contributed by atoms with Crippen LogP contribution in [0, 0.1) is 0 Å². The van der Waals surface area contributed by atoms with Gasteiger partial charge >= 0.3 is 0 Å². The third kappa shape index (κ3) is 4.30. The van der Waals surface area contributed by atoms with Gasteiger partial charge in [0.2, 0.25) is 5.91 Å². The summed E-state index contributed by atoms with van der Waals surface area (Å²) in [6.07, 6.45) is 1.71. The molecule has 0 radical (unpaired) electrons. The molecule has 0 saturated carbocycles. The summed E-state index contributed by atoms with van der Waals surface area (Å²) in [5.74, 6) is 0.609. The summed E-state index contributed by atoms with van der Waals surface area (Å²) in [4.78, 5) is 12.1. The van der Waals surface area contributed by atoms with Crippen molar-refractivity contribution in [2.24, 2.45) is 0 Å². The van der Waals surface area contributed by atoms with Crippen LogP contribution in [0.25, 0.3) is 10.8 Å². The van der Waals surface area contributed by atoms with Crippen molar-refractivity contribution in [3.8, 4) is 5.75 Å². The zero-order valence-corrected chi connectivity index (χ0v) is 14.6. The van der Waals surface area contributed by atoms with Gasteiger partial charge in [-0.15, -0.1) is 5.10 Å². The van der Waals surface area contributed by atoms with Crippen LogP contribution >= 0.6 is 0 Å². The first-order valence-electron chi connectivity index (χ1n) is 8.62. The number of hydrogen-bond donors (Lipinski definition) is 1. The predicted molar refractivity (Wildman–Crippen MR) is 103 cm³/mol. The Labute approximate surface area is 156 Å². The van der Waals surface area contributed by atoms with E-state index in [1.165, 1.54) is 10.1 Å². The average molecular weight is 358 g/mol. The molecule has 0 aliphatic carbocycles. The second-order valence-electron chi connectivity index (χ2n) is 6.12. The fraction of sp³-hybridized carbons (Fsp3) is 0.0952. The monoisotopic (exact) mass is 358 g/mol. The highest BCUT2D eigenvalue weighted by Crippen LogP contribution is 2.21. The summed E-state index contributed by atoms with van der Waals surface area (Å²) < 4.78 is 7.30. The van der Waals surface area contributed by atoms with Crippen molar-refractivity contribution in [2.75, 3.05) is 5.32 Å². The Morgan fingerprint density at radius 1 is 0.963 bits per heavy atom. The summed E-state index contributed by atoms with van der Waals surface area (Å²) in [6.45, 7) is 0.385. The van der Waals surface area contributed by atoms with E-state index in [1.54, 1.807) is 6.20 Å². The van der Waals surface area contributed by atoms with E-state index in [0.717, 1.165) is 16.8 Å². The maximum Gasteiger partial charge on any atom is 0.246 e. The molecule has 0 unspecified atom stereocenters. The van der Waals surface area contributed by atoms with Gasteiger partial charge in [0.05, 0.1) is 6.20 Å². The molecule has 0 aliphatic rings. The van der Waals surface area contributed by atoms with Gasteiger partial charge in [-0.2, -0.15) is 0 Å². The summed E-state index contributed by atoms with van der Waals surface area (Å²) in [5.41, 5.74) is 1.41. The third-order valence-electron chi connectivity index (χ3n) is 4.06. The molecule has 0 atom stereocenters. The lowest BCUT2D eigenvalue weighted by Crippen LogP contribution is -2.19. The van der Waals surface area contributed by atoms with Crippen LogP contribution < -0.4 is 10.1 Å². The van der Waals surface area contributed by atoms with E-state index in [0.29, 0.717) is 12.3 Å². The number of rotatable bonds is 6. The lowest BCUT2D eigenvalue weighted by molar-refractivity contribution is -0.116. The lowest BCUT2D eigenvalue weighted by atomic mass is 10.1. The minimum Gasteiger partial charge on any atom is -0.487 e. The number of nitrogens with one attached hydrogen (secondary N) is 1. The number of benzene rings is 3. The molecule has 0 fully saturated rings. The highest BCUT2D eigenvalue weighted by atomic mass is 16.5. The van der Waals surface area contributed by atoms with Gasteiger partial charge < -0.3 is 10.1 Å². The molecule has 0 bridgehead atoms. The number of amides is 1. The Hall–Kier alpha value is -3.67. The van der Waals surface area contributed by atoms with Crippen molar-refractivity contribution in [1.82, 2.24) is 15.0 Å². The summed E-state index contributed by atoms with van der Waals surface area (Å²) in [6, 6.07) is 23.4. The van der Waals surface area contributed by atoms with E-state index in [4.69, 9.17) is 4.74 Å². The van der Waals surface area contributed by atoms with Gasteiger partial charge in [-0.1, -0.05) is 53.7 Å². The van der Waals surface area contributed by atoms with Gasteiger partial charge in [0.25, 0.3) is 0 Å². The van der Waals surface area contributed by atoms with Crippen LogP contribution in [-0.4, -0.2) is 20.9 Å². The van der Waals surface area contributed by atoms with Gasteiger partial charge in [0, 0.05) is 5.69 Å². The second-order valence-corrected chi connectivity index (χ2v) is 6.12. The number of carbonyl (C=O) groups excluding carboxylic acids is 1. The number of para-hydroxylation sites is 1. The topological polar surface area (TPSA) is 69.0 Å². The van der Waals surface area contributed by atoms with Crippen LogP contribution in [0.5, 0.6) is 5.75 Å². The van der Waals surface area contributed by atoms with E-state index in [2.05, 4.69) is 21.7 Å². The number of carbonyl (C=O) groups is 1. The van der Waals surface area contributed by atoms with Crippen molar-refractivity contribution < 1.29 is 9.53 Å². The van der Waals surface area contributed by atoms with Crippen LogP contribution in [0.2, 0.25) is 0 Å². The smallest absolute Gasteiger partial charge is 0.246 e. The number of ether oxygens (including phenoxy) is 1. The molecule has 4 rings (SSSR count). The Morgan fingerprint density at radius 2 is 1.74 bits per heavy atom. The normalized spacial score (nSPS) is 10.7. The van der Waals surface area contributed by atoms with Crippen LogP contribution in [0.15, 0.2) is 79.0 Å². The lowest BCUT2D eigenvalue weighted by Gasteiger charge is -2.05. The van der Waals surface area contributed by atoms with Crippen LogP contribution in [0.1, 0.15) is 5.69 Å². The van der Waals surface area contributed by atoms with Crippen LogP contribution in [0.4, 0.5) is 5.69 Å². The van der Waals surface area contributed by atoms with Crippen LogP contribution in [-0.2, 0) is 17.9 Å². The standard InChI is InChI=1S/C21H18N4O2/c26-21(22-18-8-2-1-3-9-18)14-25-13-19(23-24-25)15-27-20-11-10-16-6-4-5-7-17(16)12-20/h1-13H,14-15H2,(H,22,26). The van der Waals surface area contributed by atoms with E-state index in [-0.39, 0.29) is 12.5 Å². The minimum absolute atomic E-state index is 0.0951. The molecule has 1 heterocycles. The molecule has 27 heavy (non-hydrogen) atoms. The molecule has 6 heteroatoms. The van der Waals surface area contributed by atoms with E-state index >= 15 is 0 Å². The molecular weight excluding hydrogens is 340 g/mol. The van der Waals surface area contributed by atoms with E-state index in [9.17, 15) is 4.79 Å². The molecule has 4 aromatic rings. The van der Waals surface area contributed by atoms with Gasteiger partial charge in [0.1, 0.15) is 24.6 Å². The maximum absolute atomic E-state index is 12.1. The summed E-state index contributed by atoms with van der Waals surface area (Å²) in [7, 11) is 0. The fourth-order valence-electron chi connectivity index (χ4n) is 2.77. The predicted octanol–water partition coefficient (Wildman–Crippen LogP) is 3.65. The van der Waals surface area contributed by atoms with Gasteiger partial charge in [-0.3, -0.25) is 4.79 Å². The molecule has 1 N–H and O–H groups in total. The number of nitrogens with zero attached hydrogens (tertiary/aromatic N) is 3. The second kappa shape index (κ2) is 7.70. The maximum atomic E-state index is 12.1. The quantitative estimate of drug-likeness (QED) is 0.571. The largest absolute Gasteiger partial charge is 0.487 e. The number of hydrogen-bond acceptors (Lipinski definition) is 4. The van der Waals surface area contributed by atoms with Gasteiger partial charge in [0.15, 0.2) is 0 Å². The Bertz CT molecular complexity index is 1060. The third-order valence-corrected chi connectivity index (χ3v) is 4.06. The molecule has 0 saturated heterocycles. The van der Waals surface area contributed by atoms with Crippen molar-refractivity contribution >= 4 is 22.4 Å². The summed E-state index contributed by atoms with van der Waals surface area (Å²) >= 11 is 0. The average Bonchev–Trinajstić information content (AvgIpc) is 3.14. The SMILES string of the molecule is O=C(Cn1cc(COc2ccc3ccccc3c2)nn1)Nc1ccccc1. The highest BCUT2D eigenvalue weighted by molar-refractivity contribution is 5.90. The van der Waals surface area contributed by atoms with Crippen molar-refractivity contribution in [1.29, 1.82) is 0 Å². The molecule has 0 spiro atoms. The molecular formula is C21H18N4O2.